The molecule has 2 rings (SSSR count). The summed E-state index contributed by atoms with van der Waals surface area (Å²) in [6, 6.07) is 6.26. The molecule has 7 nitrogen and oxygen atoms in total. The lowest BCUT2D eigenvalue weighted by Crippen LogP contribution is -2.55. The second-order valence-electron chi connectivity index (χ2n) is 9.96. The van der Waals surface area contributed by atoms with E-state index in [1.807, 2.05) is 18.7 Å². The molecule has 7 heteroatoms. The largest absolute Gasteiger partial charge is 0.497 e. The van der Waals surface area contributed by atoms with E-state index < -0.39 is 6.04 Å². The first-order valence-corrected chi connectivity index (χ1v) is 11.6. The molecule has 1 fully saturated rings. The van der Waals surface area contributed by atoms with Gasteiger partial charge in [0.25, 0.3) is 5.91 Å². The highest BCUT2D eigenvalue weighted by molar-refractivity contribution is 5.98. The SMILES string of the molecule is CC[C@H](C)NC(=O)[C@@H](NC(=O)c1cccc(OC)c1)C1CCN(C(=O)CC(C)(C)C)CC1. The Hall–Kier alpha value is -2.57. The average molecular weight is 446 g/mol. The number of benzene rings is 1. The molecule has 0 radical (unpaired) electrons. The predicted molar refractivity (Wildman–Crippen MR) is 126 cm³/mol. The van der Waals surface area contributed by atoms with E-state index in [0.717, 1.165) is 6.42 Å². The molecule has 0 saturated carbocycles. The summed E-state index contributed by atoms with van der Waals surface area (Å²) in [5, 5.41) is 5.97. The highest BCUT2D eigenvalue weighted by Crippen LogP contribution is 2.25. The van der Waals surface area contributed by atoms with Crippen molar-refractivity contribution in [3.63, 3.8) is 0 Å². The Bertz CT molecular complexity index is 795. The van der Waals surface area contributed by atoms with Crippen LogP contribution in [0.2, 0.25) is 0 Å². The Balaban J connectivity index is 2.11. The number of likely N-dealkylation sites (tertiary alicyclic amines) is 1. The van der Waals surface area contributed by atoms with Gasteiger partial charge < -0.3 is 20.3 Å². The first kappa shape index (κ1) is 25.7. The highest BCUT2D eigenvalue weighted by Gasteiger charge is 2.35. The van der Waals surface area contributed by atoms with Gasteiger partial charge in [-0.05, 0) is 55.7 Å². The summed E-state index contributed by atoms with van der Waals surface area (Å²) < 4.78 is 5.21. The summed E-state index contributed by atoms with van der Waals surface area (Å²) in [5.74, 6) is 0.225. The van der Waals surface area contributed by atoms with Crippen LogP contribution < -0.4 is 15.4 Å². The van der Waals surface area contributed by atoms with E-state index in [-0.39, 0.29) is 35.1 Å². The van der Waals surface area contributed by atoms with Crippen molar-refractivity contribution < 1.29 is 19.1 Å². The molecule has 0 bridgehead atoms. The molecule has 1 heterocycles. The lowest BCUT2D eigenvalue weighted by Gasteiger charge is -2.37. The number of methoxy groups -OCH3 is 1. The third-order valence-corrected chi connectivity index (χ3v) is 5.95. The number of piperidine rings is 1. The van der Waals surface area contributed by atoms with Crippen LogP contribution in [0.5, 0.6) is 5.75 Å². The molecule has 0 unspecified atom stereocenters. The Morgan fingerprint density at radius 1 is 1.16 bits per heavy atom. The minimum atomic E-state index is -0.650. The maximum absolute atomic E-state index is 13.1. The molecular formula is C25H39N3O4. The fraction of sp³-hybridized carbons (Fsp3) is 0.640. The van der Waals surface area contributed by atoms with Crippen molar-refractivity contribution in [3.8, 4) is 5.75 Å². The zero-order chi connectivity index (χ0) is 23.9. The molecule has 0 aromatic heterocycles. The summed E-state index contributed by atoms with van der Waals surface area (Å²) in [6.45, 7) is 11.3. The van der Waals surface area contributed by atoms with Gasteiger partial charge in [-0.2, -0.15) is 0 Å². The predicted octanol–water partition coefficient (Wildman–Crippen LogP) is 3.38. The molecule has 0 aliphatic carbocycles. The molecule has 1 aliphatic rings. The van der Waals surface area contributed by atoms with Gasteiger partial charge in [0.2, 0.25) is 11.8 Å². The molecule has 0 spiro atoms. The van der Waals surface area contributed by atoms with Crippen LogP contribution in [0.1, 0.15) is 70.7 Å². The van der Waals surface area contributed by atoms with Crippen LogP contribution in [-0.2, 0) is 9.59 Å². The maximum atomic E-state index is 13.1. The molecule has 32 heavy (non-hydrogen) atoms. The lowest BCUT2D eigenvalue weighted by molar-refractivity contribution is -0.134. The summed E-state index contributed by atoms with van der Waals surface area (Å²) in [7, 11) is 1.55. The van der Waals surface area contributed by atoms with E-state index in [9.17, 15) is 14.4 Å². The van der Waals surface area contributed by atoms with E-state index in [0.29, 0.717) is 43.7 Å². The fourth-order valence-electron chi connectivity index (χ4n) is 3.87. The second-order valence-corrected chi connectivity index (χ2v) is 9.96. The molecule has 178 valence electrons. The van der Waals surface area contributed by atoms with Gasteiger partial charge >= 0.3 is 0 Å². The number of hydrogen-bond donors (Lipinski definition) is 2. The number of ether oxygens (including phenoxy) is 1. The number of carbonyl (C=O) groups excluding carboxylic acids is 3. The van der Waals surface area contributed by atoms with Crippen molar-refractivity contribution in [2.45, 2.75) is 72.4 Å². The highest BCUT2D eigenvalue weighted by atomic mass is 16.5. The quantitative estimate of drug-likeness (QED) is 0.642. The molecule has 1 saturated heterocycles. The summed E-state index contributed by atoms with van der Waals surface area (Å²) >= 11 is 0. The van der Waals surface area contributed by atoms with Crippen molar-refractivity contribution in [1.29, 1.82) is 0 Å². The van der Waals surface area contributed by atoms with Gasteiger partial charge in [-0.25, -0.2) is 0 Å². The van der Waals surface area contributed by atoms with Crippen molar-refractivity contribution in [1.82, 2.24) is 15.5 Å². The van der Waals surface area contributed by atoms with Crippen LogP contribution in [0, 0.1) is 11.3 Å². The number of nitrogens with one attached hydrogen (secondary N) is 2. The third kappa shape index (κ3) is 7.53. The number of hydrogen-bond acceptors (Lipinski definition) is 4. The van der Waals surface area contributed by atoms with Crippen LogP contribution >= 0.6 is 0 Å². The number of rotatable bonds is 8. The second kappa shape index (κ2) is 11.3. The van der Waals surface area contributed by atoms with E-state index in [1.165, 1.54) is 0 Å². The van der Waals surface area contributed by atoms with Gasteiger partial charge in [-0.1, -0.05) is 33.8 Å². The zero-order valence-corrected chi connectivity index (χ0v) is 20.4. The fourth-order valence-corrected chi connectivity index (χ4v) is 3.87. The Morgan fingerprint density at radius 3 is 2.38 bits per heavy atom. The van der Waals surface area contributed by atoms with Crippen LogP contribution in [0.15, 0.2) is 24.3 Å². The topological polar surface area (TPSA) is 87.7 Å². The van der Waals surface area contributed by atoms with Crippen LogP contribution in [0.25, 0.3) is 0 Å². The Kier molecular flexibility index (Phi) is 9.10. The van der Waals surface area contributed by atoms with E-state index in [1.54, 1.807) is 31.4 Å². The van der Waals surface area contributed by atoms with Gasteiger partial charge in [-0.3, -0.25) is 14.4 Å². The smallest absolute Gasteiger partial charge is 0.252 e. The van der Waals surface area contributed by atoms with Crippen molar-refractivity contribution in [2.24, 2.45) is 11.3 Å². The minimum Gasteiger partial charge on any atom is -0.497 e. The van der Waals surface area contributed by atoms with Crippen molar-refractivity contribution in [2.75, 3.05) is 20.2 Å². The molecule has 2 N–H and O–H groups in total. The standard InChI is InChI=1S/C25H39N3O4/c1-7-17(2)26-24(31)22(27-23(30)19-9-8-10-20(15-19)32-6)18-11-13-28(14-12-18)21(29)16-25(3,4)5/h8-10,15,17-18,22H,7,11-14,16H2,1-6H3,(H,26,31)(H,27,30)/t17-,22-/m0/s1. The average Bonchev–Trinajstić information content (AvgIpc) is 2.76. The summed E-state index contributed by atoms with van der Waals surface area (Å²) in [4.78, 5) is 40.5. The molecule has 1 aromatic rings. The van der Waals surface area contributed by atoms with Crippen LogP contribution in [0.3, 0.4) is 0 Å². The normalized spacial score (nSPS) is 16.8. The summed E-state index contributed by atoms with van der Waals surface area (Å²) in [5.41, 5.74) is 0.389. The van der Waals surface area contributed by atoms with Crippen LogP contribution in [0.4, 0.5) is 0 Å². The van der Waals surface area contributed by atoms with Gasteiger partial charge in [0.1, 0.15) is 11.8 Å². The van der Waals surface area contributed by atoms with Crippen molar-refractivity contribution >= 4 is 17.7 Å². The van der Waals surface area contributed by atoms with Gasteiger partial charge in [0, 0.05) is 31.1 Å². The summed E-state index contributed by atoms with van der Waals surface area (Å²) in [6.07, 6.45) is 2.66. The monoisotopic (exact) mass is 445 g/mol. The molecular weight excluding hydrogens is 406 g/mol. The maximum Gasteiger partial charge on any atom is 0.252 e. The van der Waals surface area contributed by atoms with Gasteiger partial charge in [-0.15, -0.1) is 0 Å². The molecule has 1 aromatic carbocycles. The van der Waals surface area contributed by atoms with Gasteiger partial charge in [0.05, 0.1) is 7.11 Å². The first-order valence-electron chi connectivity index (χ1n) is 11.6. The first-order chi connectivity index (χ1) is 15.0. The van der Waals surface area contributed by atoms with E-state index in [4.69, 9.17) is 4.74 Å². The third-order valence-electron chi connectivity index (χ3n) is 5.95. The zero-order valence-electron chi connectivity index (χ0n) is 20.4. The minimum absolute atomic E-state index is 0.0205. The van der Waals surface area contributed by atoms with E-state index >= 15 is 0 Å². The number of amides is 3. The molecule has 3 amide bonds. The van der Waals surface area contributed by atoms with Crippen molar-refractivity contribution in [3.05, 3.63) is 29.8 Å². The Morgan fingerprint density at radius 2 is 1.81 bits per heavy atom. The van der Waals surface area contributed by atoms with E-state index in [2.05, 4.69) is 31.4 Å². The number of carbonyl (C=O) groups is 3. The Labute approximate surface area is 192 Å². The molecule has 1 aliphatic heterocycles. The lowest BCUT2D eigenvalue weighted by atomic mass is 9.87. The molecule has 2 atom stereocenters. The van der Waals surface area contributed by atoms with Gasteiger partial charge in [0.15, 0.2) is 0 Å². The number of nitrogens with zero attached hydrogens (tertiary/aromatic N) is 1. The van der Waals surface area contributed by atoms with Crippen LogP contribution in [-0.4, -0.2) is 54.9 Å².